The van der Waals surface area contributed by atoms with Crippen molar-refractivity contribution in [1.82, 2.24) is 19.7 Å². The first kappa shape index (κ1) is 12.9. The van der Waals surface area contributed by atoms with Gasteiger partial charge in [-0.25, -0.2) is 4.98 Å². The van der Waals surface area contributed by atoms with E-state index in [2.05, 4.69) is 10.1 Å². The highest BCUT2D eigenvalue weighted by Gasteiger charge is 2.37. The fourth-order valence-electron chi connectivity index (χ4n) is 2.14. The Morgan fingerprint density at radius 1 is 1.24 bits per heavy atom. The molecule has 21 heavy (non-hydrogen) atoms. The summed E-state index contributed by atoms with van der Waals surface area (Å²) in [6.45, 7) is -0.0311. The zero-order valence-corrected chi connectivity index (χ0v) is 10.9. The molecule has 1 aliphatic heterocycles. The summed E-state index contributed by atoms with van der Waals surface area (Å²) in [7, 11) is 1.64. The molecule has 0 bridgehead atoms. The van der Waals surface area contributed by atoms with Gasteiger partial charge in [0.1, 0.15) is 12.2 Å². The molecule has 2 aromatic rings. The van der Waals surface area contributed by atoms with E-state index in [1.807, 2.05) is 0 Å². The molecule has 1 aromatic heterocycles. The van der Waals surface area contributed by atoms with Crippen molar-refractivity contribution in [3.8, 4) is 0 Å². The van der Waals surface area contributed by atoms with Crippen molar-refractivity contribution in [2.45, 2.75) is 6.54 Å². The van der Waals surface area contributed by atoms with Crippen LogP contribution < -0.4 is 0 Å². The number of fused-ring (bicyclic) bond motifs is 1. The van der Waals surface area contributed by atoms with Gasteiger partial charge in [-0.1, -0.05) is 0 Å². The van der Waals surface area contributed by atoms with Crippen LogP contribution >= 0.6 is 0 Å². The highest BCUT2D eigenvalue weighted by molar-refractivity contribution is 6.21. The minimum Gasteiger partial charge on any atom is -0.269 e. The first-order chi connectivity index (χ1) is 9.99. The van der Waals surface area contributed by atoms with Gasteiger partial charge in [0.2, 0.25) is 0 Å². The molecule has 2 heterocycles. The molecular weight excluding hydrogens is 278 g/mol. The van der Waals surface area contributed by atoms with E-state index in [0.717, 1.165) is 11.0 Å². The standard InChI is InChI=1S/C12H9N5O4/c1-15-10(13-6-14-15)5-16-11(18)8-3-2-7(17(20)21)4-9(8)12(16)19/h2-4,6H,5H2,1H3. The molecule has 1 aromatic carbocycles. The molecule has 106 valence electrons. The second-order valence-corrected chi connectivity index (χ2v) is 4.48. The number of carbonyl (C=O) groups excluding carboxylic acids is 2. The molecule has 0 radical (unpaired) electrons. The lowest BCUT2D eigenvalue weighted by Gasteiger charge is -2.12. The van der Waals surface area contributed by atoms with Gasteiger partial charge in [0.05, 0.1) is 22.6 Å². The largest absolute Gasteiger partial charge is 0.270 e. The fraction of sp³-hybridized carbons (Fsp3) is 0.167. The van der Waals surface area contributed by atoms with E-state index in [1.165, 1.54) is 23.1 Å². The Hall–Kier alpha value is -3.10. The Bertz CT molecular complexity index is 782. The molecule has 0 unspecified atom stereocenters. The normalized spacial score (nSPS) is 13.7. The van der Waals surface area contributed by atoms with Crippen LogP contribution in [0.4, 0.5) is 5.69 Å². The Morgan fingerprint density at radius 3 is 2.57 bits per heavy atom. The third kappa shape index (κ3) is 1.95. The summed E-state index contributed by atoms with van der Waals surface area (Å²) in [5.74, 6) is -0.617. The van der Waals surface area contributed by atoms with Gasteiger partial charge in [-0.05, 0) is 6.07 Å². The molecule has 0 saturated heterocycles. The van der Waals surface area contributed by atoms with Gasteiger partial charge in [0.15, 0.2) is 0 Å². The van der Waals surface area contributed by atoms with Crippen LogP contribution in [0.25, 0.3) is 0 Å². The molecule has 9 nitrogen and oxygen atoms in total. The van der Waals surface area contributed by atoms with Crippen LogP contribution in [0.1, 0.15) is 26.5 Å². The maximum absolute atomic E-state index is 12.2. The maximum atomic E-state index is 12.2. The molecule has 0 fully saturated rings. The number of aryl methyl sites for hydroxylation is 1. The molecule has 0 atom stereocenters. The van der Waals surface area contributed by atoms with E-state index in [9.17, 15) is 19.7 Å². The van der Waals surface area contributed by atoms with Crippen molar-refractivity contribution in [1.29, 1.82) is 0 Å². The Labute approximate surface area is 118 Å². The Morgan fingerprint density at radius 2 is 1.95 bits per heavy atom. The summed E-state index contributed by atoms with van der Waals surface area (Å²) in [6, 6.07) is 3.62. The highest BCUT2D eigenvalue weighted by atomic mass is 16.6. The molecule has 0 saturated carbocycles. The topological polar surface area (TPSA) is 111 Å². The number of carbonyl (C=O) groups is 2. The minimum absolute atomic E-state index is 0.0311. The van der Waals surface area contributed by atoms with Crippen LogP contribution in [0.2, 0.25) is 0 Å². The molecule has 0 spiro atoms. The van der Waals surface area contributed by atoms with Crippen molar-refractivity contribution in [2.24, 2.45) is 7.05 Å². The van der Waals surface area contributed by atoms with Gasteiger partial charge in [0.25, 0.3) is 17.5 Å². The van der Waals surface area contributed by atoms with Crippen LogP contribution in [0.15, 0.2) is 24.5 Å². The lowest BCUT2D eigenvalue weighted by molar-refractivity contribution is -0.384. The zero-order valence-electron chi connectivity index (χ0n) is 10.9. The van der Waals surface area contributed by atoms with Crippen LogP contribution in [-0.4, -0.2) is 36.4 Å². The van der Waals surface area contributed by atoms with E-state index >= 15 is 0 Å². The summed E-state index contributed by atoms with van der Waals surface area (Å²) in [5.41, 5.74) is -0.0282. The zero-order chi connectivity index (χ0) is 15.1. The van der Waals surface area contributed by atoms with Crippen molar-refractivity contribution in [3.63, 3.8) is 0 Å². The maximum Gasteiger partial charge on any atom is 0.270 e. The van der Waals surface area contributed by atoms with Gasteiger partial charge < -0.3 is 0 Å². The van der Waals surface area contributed by atoms with Gasteiger partial charge in [-0.3, -0.25) is 29.3 Å². The highest BCUT2D eigenvalue weighted by Crippen LogP contribution is 2.27. The number of hydrogen-bond donors (Lipinski definition) is 0. The SMILES string of the molecule is Cn1ncnc1CN1C(=O)c2ccc([N+](=O)[O-])cc2C1=O. The number of nitro benzene ring substituents is 1. The summed E-state index contributed by atoms with van der Waals surface area (Å²) in [5, 5.41) is 14.6. The second-order valence-electron chi connectivity index (χ2n) is 4.48. The number of amides is 2. The molecule has 0 N–H and O–H groups in total. The van der Waals surface area contributed by atoms with E-state index in [4.69, 9.17) is 0 Å². The molecule has 3 rings (SSSR count). The Kier molecular flexibility index (Phi) is 2.75. The quantitative estimate of drug-likeness (QED) is 0.462. The van der Waals surface area contributed by atoms with E-state index in [-0.39, 0.29) is 23.4 Å². The minimum atomic E-state index is -0.608. The first-order valence-electron chi connectivity index (χ1n) is 5.96. The summed E-state index contributed by atoms with van der Waals surface area (Å²) in [4.78, 5) is 39.5. The summed E-state index contributed by atoms with van der Waals surface area (Å²) < 4.78 is 1.45. The lowest BCUT2D eigenvalue weighted by atomic mass is 10.1. The number of aromatic nitrogens is 3. The van der Waals surface area contributed by atoms with Crippen molar-refractivity contribution >= 4 is 17.5 Å². The van der Waals surface area contributed by atoms with Gasteiger partial charge >= 0.3 is 0 Å². The van der Waals surface area contributed by atoms with Gasteiger partial charge in [-0.2, -0.15) is 5.10 Å². The lowest BCUT2D eigenvalue weighted by Crippen LogP contribution is -2.30. The number of nitro groups is 1. The van der Waals surface area contributed by atoms with Crippen molar-refractivity contribution < 1.29 is 14.5 Å². The third-order valence-corrected chi connectivity index (χ3v) is 3.27. The fourth-order valence-corrected chi connectivity index (χ4v) is 2.14. The first-order valence-corrected chi connectivity index (χ1v) is 5.96. The number of non-ortho nitro benzene ring substituents is 1. The molecule has 0 aliphatic carbocycles. The van der Waals surface area contributed by atoms with Gasteiger partial charge in [0, 0.05) is 19.2 Å². The molecule has 9 heteroatoms. The monoisotopic (exact) mass is 287 g/mol. The molecular formula is C12H9N5O4. The van der Waals surface area contributed by atoms with E-state index in [1.54, 1.807) is 7.05 Å². The second kappa shape index (κ2) is 4.47. The van der Waals surface area contributed by atoms with Crippen LogP contribution in [-0.2, 0) is 13.6 Å². The predicted octanol–water partition coefficient (Wildman–Crippen LogP) is 0.520. The van der Waals surface area contributed by atoms with Gasteiger partial charge in [-0.15, -0.1) is 0 Å². The van der Waals surface area contributed by atoms with Crippen LogP contribution in [0.3, 0.4) is 0 Å². The summed E-state index contributed by atoms with van der Waals surface area (Å²) in [6.07, 6.45) is 1.32. The number of hydrogen-bond acceptors (Lipinski definition) is 6. The van der Waals surface area contributed by atoms with E-state index in [0.29, 0.717) is 5.82 Å². The molecule has 2 amide bonds. The Balaban J connectivity index is 1.97. The molecule has 1 aliphatic rings. The number of rotatable bonds is 3. The average Bonchev–Trinajstić information content (AvgIpc) is 2.96. The average molecular weight is 287 g/mol. The third-order valence-electron chi connectivity index (χ3n) is 3.27. The number of imide groups is 1. The smallest absolute Gasteiger partial charge is 0.269 e. The van der Waals surface area contributed by atoms with Crippen molar-refractivity contribution in [2.75, 3.05) is 0 Å². The van der Waals surface area contributed by atoms with Crippen LogP contribution in [0.5, 0.6) is 0 Å². The van der Waals surface area contributed by atoms with Crippen LogP contribution in [0, 0.1) is 10.1 Å². The van der Waals surface area contributed by atoms with E-state index < -0.39 is 16.7 Å². The summed E-state index contributed by atoms with van der Waals surface area (Å²) >= 11 is 0. The van der Waals surface area contributed by atoms with Crippen molar-refractivity contribution in [3.05, 3.63) is 51.6 Å². The number of nitrogens with zero attached hydrogens (tertiary/aromatic N) is 5. The predicted molar refractivity (Wildman–Crippen MR) is 68.3 cm³/mol. The number of benzene rings is 1.